The molecule has 0 rings (SSSR count). The molecule has 54 valence electrons. The van der Waals surface area contributed by atoms with Gasteiger partial charge in [0.1, 0.15) is 0 Å². The van der Waals surface area contributed by atoms with Gasteiger partial charge in [0.15, 0.2) is 0 Å². The maximum Gasteiger partial charge on any atom is 0.226 e. The third-order valence-corrected chi connectivity index (χ3v) is 3.92. The van der Waals surface area contributed by atoms with E-state index in [1.165, 1.54) is 0 Å². The summed E-state index contributed by atoms with van der Waals surface area (Å²) in [4.78, 5) is 0. The van der Waals surface area contributed by atoms with Gasteiger partial charge in [-0.2, -0.15) is 0 Å². The van der Waals surface area contributed by atoms with Crippen LogP contribution in [-0.4, -0.2) is 5.16 Å². The molecule has 0 aromatic carbocycles. The molecule has 2 heteroatoms. The Kier molecular flexibility index (Phi) is 2.37. The molecule has 0 amide bonds. The Labute approximate surface area is 62.6 Å². The van der Waals surface area contributed by atoms with Crippen molar-refractivity contribution in [2.24, 2.45) is 0 Å². The molecular weight excluding hydrogens is 143 g/mol. The van der Waals surface area contributed by atoms with Crippen LogP contribution in [-0.2, 0) is 4.57 Å². The molecule has 0 unspecified atom stereocenters. The lowest BCUT2D eigenvalue weighted by Gasteiger charge is -2.20. The van der Waals surface area contributed by atoms with Crippen LogP contribution in [0.5, 0.6) is 0 Å². The monoisotopic (exact) mass is 154 g/mol. The highest BCUT2D eigenvalue weighted by Gasteiger charge is 2.32. The molecule has 0 aliphatic heterocycles. The molecule has 1 nitrogen and oxygen atoms in total. The van der Waals surface area contributed by atoms with Gasteiger partial charge in [0, 0.05) is 5.16 Å². The minimum Gasteiger partial charge on any atom is -0.296 e. The Hall–Kier alpha value is -0.650. The Balaban J connectivity index is 4.99. The zero-order valence-corrected chi connectivity index (χ0v) is 7.40. The van der Waals surface area contributed by atoms with Crippen molar-refractivity contribution < 1.29 is 4.57 Å². The lowest BCUT2D eigenvalue weighted by molar-refractivity contribution is 0.565. The number of terminal acetylenes is 2. The average Bonchev–Trinajstić information content (AvgIpc) is 1.84. The Morgan fingerprint density at radius 1 is 1.20 bits per heavy atom. The van der Waals surface area contributed by atoms with Gasteiger partial charge in [0.2, 0.25) is 7.14 Å². The highest BCUT2D eigenvalue weighted by atomic mass is 31.2. The van der Waals surface area contributed by atoms with E-state index in [0.29, 0.717) is 0 Å². The minimum atomic E-state index is -2.81. The molecule has 0 heterocycles. The van der Waals surface area contributed by atoms with Crippen LogP contribution in [0.15, 0.2) is 0 Å². The van der Waals surface area contributed by atoms with Gasteiger partial charge in [0.25, 0.3) is 0 Å². The van der Waals surface area contributed by atoms with Crippen LogP contribution in [0, 0.1) is 24.2 Å². The maximum atomic E-state index is 11.5. The van der Waals surface area contributed by atoms with Crippen LogP contribution in [0.25, 0.3) is 0 Å². The standard InChI is InChI=1S/C8H11OP/c1-6-10(9,7-2)8(3,4)5/h1-2H,3-5H3. The van der Waals surface area contributed by atoms with Crippen molar-refractivity contribution in [2.45, 2.75) is 25.9 Å². The predicted molar refractivity (Wildman–Crippen MR) is 45.0 cm³/mol. The van der Waals surface area contributed by atoms with Gasteiger partial charge in [-0.25, -0.2) is 0 Å². The van der Waals surface area contributed by atoms with Gasteiger partial charge >= 0.3 is 0 Å². The van der Waals surface area contributed by atoms with E-state index in [1.807, 2.05) is 0 Å². The smallest absolute Gasteiger partial charge is 0.226 e. The SMILES string of the molecule is C#CP(=O)(C#C)C(C)(C)C. The third-order valence-electron chi connectivity index (χ3n) is 1.31. The molecule has 0 aliphatic carbocycles. The van der Waals surface area contributed by atoms with E-state index < -0.39 is 12.3 Å². The summed E-state index contributed by atoms with van der Waals surface area (Å²) in [5, 5.41) is -0.462. The highest BCUT2D eigenvalue weighted by Crippen LogP contribution is 2.55. The minimum absolute atomic E-state index is 0.462. The predicted octanol–water partition coefficient (Wildman–Crippen LogP) is 2.33. The lowest BCUT2D eigenvalue weighted by atomic mass is 10.3. The first-order valence-electron chi connectivity index (χ1n) is 2.93. The van der Waals surface area contributed by atoms with Crippen molar-refractivity contribution in [3.05, 3.63) is 0 Å². The fraction of sp³-hybridized carbons (Fsp3) is 0.500. The van der Waals surface area contributed by atoms with Crippen LogP contribution in [0.4, 0.5) is 0 Å². The molecule has 0 fully saturated rings. The van der Waals surface area contributed by atoms with Crippen LogP contribution >= 0.6 is 7.14 Å². The van der Waals surface area contributed by atoms with Crippen molar-refractivity contribution >= 4 is 7.14 Å². The van der Waals surface area contributed by atoms with E-state index in [1.54, 1.807) is 20.8 Å². The van der Waals surface area contributed by atoms with E-state index in [0.717, 1.165) is 0 Å². The van der Waals surface area contributed by atoms with Crippen molar-refractivity contribution in [3.8, 4) is 24.2 Å². The maximum absolute atomic E-state index is 11.5. The molecule has 0 spiro atoms. The third kappa shape index (κ3) is 1.44. The van der Waals surface area contributed by atoms with E-state index >= 15 is 0 Å². The normalized spacial score (nSPS) is 11.7. The molecule has 0 saturated heterocycles. The Morgan fingerprint density at radius 2 is 1.50 bits per heavy atom. The van der Waals surface area contributed by atoms with Gasteiger partial charge in [0.05, 0.1) is 0 Å². The molecule has 0 N–H and O–H groups in total. The zero-order valence-electron chi connectivity index (χ0n) is 6.51. The molecule has 0 radical (unpaired) electrons. The fourth-order valence-electron chi connectivity index (χ4n) is 0.425. The summed E-state index contributed by atoms with van der Waals surface area (Å²) in [6, 6.07) is 0. The zero-order chi connectivity index (χ0) is 8.41. The Bertz CT molecular complexity index is 226. The summed E-state index contributed by atoms with van der Waals surface area (Å²) in [6.07, 6.45) is 10.1. The van der Waals surface area contributed by atoms with Gasteiger partial charge in [-0.1, -0.05) is 20.8 Å². The van der Waals surface area contributed by atoms with Crippen LogP contribution in [0.2, 0.25) is 0 Å². The first-order chi connectivity index (χ1) is 4.37. The van der Waals surface area contributed by atoms with Crippen LogP contribution in [0.3, 0.4) is 0 Å². The number of hydrogen-bond donors (Lipinski definition) is 0. The summed E-state index contributed by atoms with van der Waals surface area (Å²) >= 11 is 0. The van der Waals surface area contributed by atoms with E-state index in [4.69, 9.17) is 12.8 Å². The second kappa shape index (κ2) is 2.53. The van der Waals surface area contributed by atoms with Gasteiger partial charge < -0.3 is 0 Å². The van der Waals surface area contributed by atoms with Crippen molar-refractivity contribution in [2.75, 3.05) is 0 Å². The first kappa shape index (κ1) is 9.35. The van der Waals surface area contributed by atoms with Crippen LogP contribution < -0.4 is 0 Å². The molecule has 10 heavy (non-hydrogen) atoms. The van der Waals surface area contributed by atoms with E-state index in [-0.39, 0.29) is 0 Å². The molecule has 0 aliphatic rings. The largest absolute Gasteiger partial charge is 0.296 e. The van der Waals surface area contributed by atoms with E-state index in [9.17, 15) is 4.57 Å². The quantitative estimate of drug-likeness (QED) is 0.386. The van der Waals surface area contributed by atoms with Crippen LogP contribution in [0.1, 0.15) is 20.8 Å². The summed E-state index contributed by atoms with van der Waals surface area (Å²) in [5.74, 6) is 0. The lowest BCUT2D eigenvalue weighted by Crippen LogP contribution is -2.12. The van der Waals surface area contributed by atoms with E-state index in [2.05, 4.69) is 11.3 Å². The average molecular weight is 154 g/mol. The fourth-order valence-corrected chi connectivity index (χ4v) is 1.27. The van der Waals surface area contributed by atoms with Gasteiger partial charge in [-0.15, -0.1) is 12.8 Å². The summed E-state index contributed by atoms with van der Waals surface area (Å²) in [7, 11) is -2.81. The summed E-state index contributed by atoms with van der Waals surface area (Å²) < 4.78 is 11.5. The topological polar surface area (TPSA) is 17.1 Å². The first-order valence-corrected chi connectivity index (χ1v) is 4.64. The molecular formula is C8H11OP. The van der Waals surface area contributed by atoms with Crippen molar-refractivity contribution in [1.82, 2.24) is 0 Å². The summed E-state index contributed by atoms with van der Waals surface area (Å²) in [6.45, 7) is 5.36. The molecule has 0 aromatic rings. The second-order valence-electron chi connectivity index (χ2n) is 3.04. The number of rotatable bonds is 0. The number of hydrogen-bond acceptors (Lipinski definition) is 1. The summed E-state index contributed by atoms with van der Waals surface area (Å²) in [5.41, 5.74) is 4.38. The van der Waals surface area contributed by atoms with Crippen molar-refractivity contribution in [3.63, 3.8) is 0 Å². The van der Waals surface area contributed by atoms with Gasteiger partial charge in [-0.05, 0) is 11.3 Å². The second-order valence-corrected chi connectivity index (χ2v) is 6.11. The Morgan fingerprint density at radius 3 is 1.50 bits per heavy atom. The highest BCUT2D eigenvalue weighted by molar-refractivity contribution is 7.75. The molecule has 0 saturated carbocycles. The molecule has 0 aromatic heterocycles. The van der Waals surface area contributed by atoms with Crippen molar-refractivity contribution in [1.29, 1.82) is 0 Å². The van der Waals surface area contributed by atoms with Gasteiger partial charge in [-0.3, -0.25) is 4.57 Å². The molecule has 0 atom stereocenters. The molecule has 0 bridgehead atoms.